The van der Waals surface area contributed by atoms with Crippen molar-refractivity contribution in [3.63, 3.8) is 0 Å². The minimum absolute atomic E-state index is 0.240. The monoisotopic (exact) mass is 427 g/mol. The van der Waals surface area contributed by atoms with Crippen LogP contribution in [0, 0.1) is 13.8 Å². The van der Waals surface area contributed by atoms with Crippen molar-refractivity contribution in [1.29, 1.82) is 0 Å². The highest BCUT2D eigenvalue weighted by atomic mass is 16.5. The Kier molecular flexibility index (Phi) is 8.99. The van der Waals surface area contributed by atoms with Crippen LogP contribution < -0.4 is 14.9 Å². The van der Waals surface area contributed by atoms with Gasteiger partial charge in [-0.15, -0.1) is 0 Å². The van der Waals surface area contributed by atoms with Crippen molar-refractivity contribution in [2.75, 3.05) is 20.3 Å². The number of carbonyl (C=O) groups excluding carboxylic acids is 2. The fourth-order valence-corrected chi connectivity index (χ4v) is 2.81. The zero-order valence-electron chi connectivity index (χ0n) is 18.7. The maximum Gasteiger partial charge on any atom is 0.339 e. The molecule has 2 rings (SSSR count). The van der Waals surface area contributed by atoms with E-state index in [4.69, 9.17) is 14.2 Å². The number of benzene rings is 1. The number of carbonyl (C=O) groups is 2. The zero-order chi connectivity index (χ0) is 22.8. The van der Waals surface area contributed by atoms with Gasteiger partial charge in [-0.3, -0.25) is 9.78 Å². The second kappa shape index (κ2) is 11.7. The minimum atomic E-state index is -0.515. The number of ether oxygens (including phenoxy) is 3. The Labute approximate surface area is 182 Å². The minimum Gasteiger partial charge on any atom is -0.493 e. The highest BCUT2D eigenvalue weighted by Crippen LogP contribution is 2.27. The van der Waals surface area contributed by atoms with Gasteiger partial charge in [-0.25, -0.2) is 10.2 Å². The second-order valence-corrected chi connectivity index (χ2v) is 6.79. The molecule has 0 radical (unpaired) electrons. The van der Waals surface area contributed by atoms with Crippen LogP contribution in [0.5, 0.6) is 11.5 Å². The van der Waals surface area contributed by atoms with E-state index >= 15 is 0 Å². The van der Waals surface area contributed by atoms with Crippen molar-refractivity contribution in [2.24, 2.45) is 5.10 Å². The first-order chi connectivity index (χ1) is 14.9. The maximum atomic E-state index is 12.6. The third-order valence-corrected chi connectivity index (χ3v) is 4.47. The summed E-state index contributed by atoms with van der Waals surface area (Å²) < 4.78 is 16.1. The van der Waals surface area contributed by atoms with E-state index in [-0.39, 0.29) is 17.7 Å². The van der Waals surface area contributed by atoms with Gasteiger partial charge in [0.1, 0.15) is 0 Å². The second-order valence-electron chi connectivity index (χ2n) is 6.79. The first-order valence-electron chi connectivity index (χ1n) is 10.2. The molecule has 0 saturated heterocycles. The van der Waals surface area contributed by atoms with Crippen molar-refractivity contribution < 1.29 is 23.8 Å². The van der Waals surface area contributed by atoms with E-state index in [0.717, 1.165) is 18.4 Å². The van der Waals surface area contributed by atoms with Crippen LogP contribution in [0.1, 0.15) is 64.4 Å². The summed E-state index contributed by atoms with van der Waals surface area (Å²) in [6.45, 7) is 8.07. The molecule has 0 aliphatic carbocycles. The Morgan fingerprint density at radius 3 is 2.52 bits per heavy atom. The van der Waals surface area contributed by atoms with Crippen LogP contribution in [-0.4, -0.2) is 43.4 Å². The van der Waals surface area contributed by atoms with Gasteiger partial charge in [-0.2, -0.15) is 5.10 Å². The number of methoxy groups -OCH3 is 1. The summed E-state index contributed by atoms with van der Waals surface area (Å²) in [5, 5.41) is 4.01. The third kappa shape index (κ3) is 6.53. The van der Waals surface area contributed by atoms with Crippen LogP contribution >= 0.6 is 0 Å². The van der Waals surface area contributed by atoms with Crippen LogP contribution in [0.4, 0.5) is 0 Å². The lowest BCUT2D eigenvalue weighted by atomic mass is 10.1. The molecule has 0 bridgehead atoms. The summed E-state index contributed by atoms with van der Waals surface area (Å²) >= 11 is 0. The number of aryl methyl sites for hydroxylation is 2. The van der Waals surface area contributed by atoms with E-state index in [9.17, 15) is 9.59 Å². The molecule has 0 unspecified atom stereocenters. The Hall–Kier alpha value is -3.42. The molecule has 1 aromatic heterocycles. The number of nitrogens with one attached hydrogen (secondary N) is 1. The molecule has 0 atom stereocenters. The standard InChI is InChI=1S/C23H29N3O5/c1-6-8-11-31-20-10-9-17(12-21(20)29-5)14-24-26-22(27)18-13-19(23(28)30-7-2)16(4)25-15(18)3/h9-10,12-14H,6-8,11H2,1-5H3,(H,26,27)/b24-14+. The molecule has 0 aliphatic rings. The predicted molar refractivity (Wildman–Crippen MR) is 118 cm³/mol. The Balaban J connectivity index is 2.11. The summed E-state index contributed by atoms with van der Waals surface area (Å²) in [5.41, 5.74) is 4.70. The SMILES string of the molecule is CCCCOc1ccc(/C=N/NC(=O)c2cc(C(=O)OCC)c(C)nc2C)cc1OC. The third-order valence-electron chi connectivity index (χ3n) is 4.47. The van der Waals surface area contributed by atoms with Crippen LogP contribution in [0.3, 0.4) is 0 Å². The van der Waals surface area contributed by atoms with E-state index in [0.29, 0.717) is 29.5 Å². The number of pyridine rings is 1. The van der Waals surface area contributed by atoms with Crippen molar-refractivity contribution in [1.82, 2.24) is 10.4 Å². The average molecular weight is 428 g/mol. The number of amides is 1. The molecular formula is C23H29N3O5. The molecule has 31 heavy (non-hydrogen) atoms. The van der Waals surface area contributed by atoms with Crippen LogP contribution in [-0.2, 0) is 4.74 Å². The van der Waals surface area contributed by atoms with Crippen molar-refractivity contribution in [3.05, 3.63) is 52.3 Å². The van der Waals surface area contributed by atoms with E-state index in [1.54, 1.807) is 40.0 Å². The lowest BCUT2D eigenvalue weighted by Gasteiger charge is -2.11. The van der Waals surface area contributed by atoms with E-state index in [1.165, 1.54) is 12.3 Å². The summed E-state index contributed by atoms with van der Waals surface area (Å²) in [6.07, 6.45) is 3.51. The van der Waals surface area contributed by atoms with Crippen LogP contribution in [0.15, 0.2) is 29.4 Å². The quantitative estimate of drug-likeness (QED) is 0.268. The smallest absolute Gasteiger partial charge is 0.339 e. The van der Waals surface area contributed by atoms with Gasteiger partial charge < -0.3 is 14.2 Å². The molecule has 0 saturated carbocycles. The van der Waals surface area contributed by atoms with Gasteiger partial charge in [0, 0.05) is 0 Å². The summed E-state index contributed by atoms with van der Waals surface area (Å²) in [6, 6.07) is 6.87. The molecule has 166 valence electrons. The molecule has 1 amide bonds. The molecule has 1 aromatic carbocycles. The predicted octanol–water partition coefficient (Wildman–Crippen LogP) is 3.83. The van der Waals surface area contributed by atoms with Gasteiger partial charge >= 0.3 is 5.97 Å². The molecule has 8 heteroatoms. The summed E-state index contributed by atoms with van der Waals surface area (Å²) in [5.74, 6) is 0.255. The molecule has 1 N–H and O–H groups in total. The maximum absolute atomic E-state index is 12.6. The van der Waals surface area contributed by atoms with Gasteiger partial charge in [0.25, 0.3) is 5.91 Å². The van der Waals surface area contributed by atoms with E-state index < -0.39 is 11.9 Å². The van der Waals surface area contributed by atoms with Crippen LogP contribution in [0.25, 0.3) is 0 Å². The highest BCUT2D eigenvalue weighted by molar-refractivity contribution is 5.99. The molecule has 2 aromatic rings. The van der Waals surface area contributed by atoms with Gasteiger partial charge in [0.15, 0.2) is 11.5 Å². The van der Waals surface area contributed by atoms with Gasteiger partial charge in [0.2, 0.25) is 0 Å². The number of aromatic nitrogens is 1. The number of nitrogens with zero attached hydrogens (tertiary/aromatic N) is 2. The molecule has 1 heterocycles. The summed E-state index contributed by atoms with van der Waals surface area (Å²) in [4.78, 5) is 28.9. The summed E-state index contributed by atoms with van der Waals surface area (Å²) in [7, 11) is 1.57. The highest BCUT2D eigenvalue weighted by Gasteiger charge is 2.18. The first-order valence-corrected chi connectivity index (χ1v) is 10.2. The van der Waals surface area contributed by atoms with Crippen LogP contribution in [0.2, 0.25) is 0 Å². The average Bonchev–Trinajstić information content (AvgIpc) is 2.74. The Morgan fingerprint density at radius 2 is 1.84 bits per heavy atom. The lowest BCUT2D eigenvalue weighted by molar-refractivity contribution is 0.0525. The van der Waals surface area contributed by atoms with Gasteiger partial charge in [-0.1, -0.05) is 13.3 Å². The normalized spacial score (nSPS) is 10.7. The molecule has 0 aliphatic heterocycles. The van der Waals surface area contributed by atoms with Gasteiger partial charge in [0.05, 0.1) is 49.1 Å². The fraction of sp³-hybridized carbons (Fsp3) is 0.391. The largest absolute Gasteiger partial charge is 0.493 e. The van der Waals surface area contributed by atoms with E-state index in [1.807, 2.05) is 6.07 Å². The number of esters is 1. The number of rotatable bonds is 10. The van der Waals surface area contributed by atoms with Crippen molar-refractivity contribution in [3.8, 4) is 11.5 Å². The number of hydrogen-bond donors (Lipinski definition) is 1. The van der Waals surface area contributed by atoms with E-state index in [2.05, 4.69) is 22.4 Å². The zero-order valence-corrected chi connectivity index (χ0v) is 18.7. The molecule has 8 nitrogen and oxygen atoms in total. The van der Waals surface area contributed by atoms with Gasteiger partial charge in [-0.05, 0) is 57.0 Å². The molecule has 0 spiro atoms. The molecular weight excluding hydrogens is 398 g/mol. The molecule has 0 fully saturated rings. The fourth-order valence-electron chi connectivity index (χ4n) is 2.81. The number of hydrazone groups is 1. The number of unbranched alkanes of at least 4 members (excludes halogenated alkanes) is 1. The number of hydrogen-bond acceptors (Lipinski definition) is 7. The lowest BCUT2D eigenvalue weighted by Crippen LogP contribution is -2.21. The Morgan fingerprint density at radius 1 is 1.10 bits per heavy atom. The Bertz CT molecular complexity index is 956. The topological polar surface area (TPSA) is 99.1 Å². The van der Waals surface area contributed by atoms with Crippen molar-refractivity contribution in [2.45, 2.75) is 40.5 Å². The van der Waals surface area contributed by atoms with Crippen molar-refractivity contribution >= 4 is 18.1 Å². The first kappa shape index (κ1) is 23.9.